The summed E-state index contributed by atoms with van der Waals surface area (Å²) in [6.07, 6.45) is 3.32. The number of benzene rings is 1. The van der Waals surface area contributed by atoms with E-state index in [0.717, 1.165) is 12.1 Å². The minimum Gasteiger partial charge on any atom is -0.258 e. The van der Waals surface area contributed by atoms with Gasteiger partial charge in [-0.3, -0.25) is 4.99 Å². The van der Waals surface area contributed by atoms with Gasteiger partial charge in [0.05, 0.1) is 5.71 Å². The first-order chi connectivity index (χ1) is 6.77. The van der Waals surface area contributed by atoms with Crippen LogP contribution in [0.4, 0.5) is 0 Å². The van der Waals surface area contributed by atoms with E-state index < -0.39 is 0 Å². The lowest BCUT2D eigenvalue weighted by molar-refractivity contribution is 0.767. The lowest BCUT2D eigenvalue weighted by Crippen LogP contribution is -2.15. The third-order valence-electron chi connectivity index (χ3n) is 2.60. The maximum Gasteiger partial charge on any atom is 0.0510 e. The van der Waals surface area contributed by atoms with Crippen LogP contribution in [0.25, 0.3) is 0 Å². The SMILES string of the molecule is CC1=CCC(C)C(c2ccccc2)=N1. The summed E-state index contributed by atoms with van der Waals surface area (Å²) in [4.78, 5) is 4.61. The van der Waals surface area contributed by atoms with E-state index in [2.05, 4.69) is 49.2 Å². The monoisotopic (exact) mass is 185 g/mol. The van der Waals surface area contributed by atoms with Crippen LogP contribution in [0.3, 0.4) is 0 Å². The van der Waals surface area contributed by atoms with Crippen LogP contribution in [0.1, 0.15) is 25.8 Å². The van der Waals surface area contributed by atoms with Crippen LogP contribution in [-0.2, 0) is 0 Å². The Morgan fingerprint density at radius 1 is 1.21 bits per heavy atom. The fourth-order valence-electron chi connectivity index (χ4n) is 1.76. The normalized spacial score (nSPS) is 21.4. The fraction of sp³-hybridized carbons (Fsp3) is 0.308. The predicted octanol–water partition coefficient (Wildman–Crippen LogP) is 3.42. The molecule has 0 fully saturated rings. The standard InChI is InChI=1S/C13H15N/c1-10-8-9-11(2)14-13(10)12-6-4-3-5-7-12/h3-7,9-10H,8H2,1-2H3. The molecular weight excluding hydrogens is 170 g/mol. The average molecular weight is 185 g/mol. The van der Waals surface area contributed by atoms with Crippen LogP contribution in [0.15, 0.2) is 47.1 Å². The molecule has 0 spiro atoms. The summed E-state index contributed by atoms with van der Waals surface area (Å²) in [5, 5.41) is 0. The molecule has 0 radical (unpaired) electrons. The average Bonchev–Trinajstić information content (AvgIpc) is 2.23. The fourth-order valence-corrected chi connectivity index (χ4v) is 1.76. The van der Waals surface area contributed by atoms with Gasteiger partial charge in [0.25, 0.3) is 0 Å². The summed E-state index contributed by atoms with van der Waals surface area (Å²) in [7, 11) is 0. The summed E-state index contributed by atoms with van der Waals surface area (Å²) in [6.45, 7) is 4.30. The zero-order valence-electron chi connectivity index (χ0n) is 8.70. The van der Waals surface area contributed by atoms with Crippen LogP contribution >= 0.6 is 0 Å². The zero-order valence-corrected chi connectivity index (χ0v) is 8.70. The quantitative estimate of drug-likeness (QED) is 0.635. The number of hydrogen-bond donors (Lipinski definition) is 0. The number of nitrogens with zero attached hydrogens (tertiary/aromatic N) is 1. The Morgan fingerprint density at radius 3 is 2.64 bits per heavy atom. The highest BCUT2D eigenvalue weighted by Gasteiger charge is 2.14. The van der Waals surface area contributed by atoms with E-state index in [9.17, 15) is 0 Å². The van der Waals surface area contributed by atoms with Crippen LogP contribution in [0, 0.1) is 5.92 Å². The second-order valence-corrected chi connectivity index (χ2v) is 3.85. The van der Waals surface area contributed by atoms with Gasteiger partial charge in [-0.25, -0.2) is 0 Å². The van der Waals surface area contributed by atoms with E-state index in [1.165, 1.54) is 11.3 Å². The molecule has 1 atom stereocenters. The number of aliphatic imine (C=N–C) groups is 1. The molecule has 1 aliphatic heterocycles. The van der Waals surface area contributed by atoms with Gasteiger partial charge < -0.3 is 0 Å². The smallest absolute Gasteiger partial charge is 0.0510 e. The first kappa shape index (κ1) is 9.20. The summed E-state index contributed by atoms with van der Waals surface area (Å²) in [5.74, 6) is 0.543. The minimum absolute atomic E-state index is 0.543. The van der Waals surface area contributed by atoms with Crippen LogP contribution in [0.2, 0.25) is 0 Å². The van der Waals surface area contributed by atoms with Crippen molar-refractivity contribution in [2.45, 2.75) is 20.3 Å². The largest absolute Gasteiger partial charge is 0.258 e. The van der Waals surface area contributed by atoms with E-state index in [1.807, 2.05) is 6.07 Å². The van der Waals surface area contributed by atoms with Gasteiger partial charge in [-0.05, 0) is 18.9 Å². The maximum atomic E-state index is 4.61. The molecule has 1 heteroatoms. The van der Waals surface area contributed by atoms with Crippen molar-refractivity contribution in [1.82, 2.24) is 0 Å². The molecule has 0 saturated heterocycles. The summed E-state index contributed by atoms with van der Waals surface area (Å²) in [6, 6.07) is 10.4. The lowest BCUT2D eigenvalue weighted by Gasteiger charge is -2.17. The molecule has 0 aromatic heterocycles. The predicted molar refractivity (Wildman–Crippen MR) is 60.5 cm³/mol. The third kappa shape index (κ3) is 1.77. The van der Waals surface area contributed by atoms with Crippen molar-refractivity contribution < 1.29 is 0 Å². The molecule has 2 rings (SSSR count). The van der Waals surface area contributed by atoms with E-state index >= 15 is 0 Å². The Kier molecular flexibility index (Phi) is 2.49. The molecule has 72 valence electrons. The molecular formula is C13H15N. The van der Waals surface area contributed by atoms with Crippen molar-refractivity contribution >= 4 is 5.71 Å². The molecule has 0 saturated carbocycles. The highest BCUT2D eigenvalue weighted by Crippen LogP contribution is 2.20. The summed E-state index contributed by atoms with van der Waals surface area (Å²) >= 11 is 0. The van der Waals surface area contributed by atoms with Gasteiger partial charge in [-0.15, -0.1) is 0 Å². The first-order valence-corrected chi connectivity index (χ1v) is 5.08. The highest BCUT2D eigenvalue weighted by atomic mass is 14.8. The molecule has 1 nitrogen and oxygen atoms in total. The Morgan fingerprint density at radius 2 is 1.93 bits per heavy atom. The molecule has 0 aliphatic carbocycles. The summed E-state index contributed by atoms with van der Waals surface area (Å²) < 4.78 is 0. The maximum absolute atomic E-state index is 4.61. The highest BCUT2D eigenvalue weighted by molar-refractivity contribution is 6.03. The molecule has 1 aromatic carbocycles. The topological polar surface area (TPSA) is 12.4 Å². The Bertz CT molecular complexity index is 373. The molecule has 1 heterocycles. The minimum atomic E-state index is 0.543. The zero-order chi connectivity index (χ0) is 9.97. The Labute approximate surface area is 85.2 Å². The van der Waals surface area contributed by atoms with Gasteiger partial charge in [-0.1, -0.05) is 43.3 Å². The van der Waals surface area contributed by atoms with Gasteiger partial charge in [0, 0.05) is 11.6 Å². The van der Waals surface area contributed by atoms with Crippen molar-refractivity contribution in [3.8, 4) is 0 Å². The van der Waals surface area contributed by atoms with Gasteiger partial charge in [0.2, 0.25) is 0 Å². The first-order valence-electron chi connectivity index (χ1n) is 5.08. The van der Waals surface area contributed by atoms with Crippen molar-refractivity contribution in [1.29, 1.82) is 0 Å². The molecule has 1 unspecified atom stereocenters. The molecule has 0 N–H and O–H groups in total. The van der Waals surface area contributed by atoms with E-state index in [0.29, 0.717) is 5.92 Å². The molecule has 14 heavy (non-hydrogen) atoms. The van der Waals surface area contributed by atoms with Gasteiger partial charge in [0.1, 0.15) is 0 Å². The second kappa shape index (κ2) is 3.79. The number of allylic oxidation sites excluding steroid dienone is 2. The Balaban J connectivity index is 2.38. The van der Waals surface area contributed by atoms with Crippen molar-refractivity contribution in [2.75, 3.05) is 0 Å². The number of hydrogen-bond acceptors (Lipinski definition) is 1. The van der Waals surface area contributed by atoms with E-state index in [4.69, 9.17) is 0 Å². The van der Waals surface area contributed by atoms with E-state index in [-0.39, 0.29) is 0 Å². The lowest BCUT2D eigenvalue weighted by atomic mass is 9.93. The summed E-state index contributed by atoms with van der Waals surface area (Å²) in [5.41, 5.74) is 3.63. The van der Waals surface area contributed by atoms with E-state index in [1.54, 1.807) is 0 Å². The Hall–Kier alpha value is -1.37. The van der Waals surface area contributed by atoms with Gasteiger partial charge in [-0.2, -0.15) is 0 Å². The van der Waals surface area contributed by atoms with Crippen LogP contribution in [-0.4, -0.2) is 5.71 Å². The number of rotatable bonds is 1. The molecule has 1 aromatic rings. The van der Waals surface area contributed by atoms with Gasteiger partial charge in [0.15, 0.2) is 0 Å². The molecule has 1 aliphatic rings. The van der Waals surface area contributed by atoms with Crippen LogP contribution < -0.4 is 0 Å². The molecule has 0 bridgehead atoms. The second-order valence-electron chi connectivity index (χ2n) is 3.85. The molecule has 0 amide bonds. The van der Waals surface area contributed by atoms with Crippen molar-refractivity contribution in [3.05, 3.63) is 47.7 Å². The van der Waals surface area contributed by atoms with Gasteiger partial charge >= 0.3 is 0 Å². The van der Waals surface area contributed by atoms with Crippen molar-refractivity contribution in [2.24, 2.45) is 10.9 Å². The van der Waals surface area contributed by atoms with Crippen molar-refractivity contribution in [3.63, 3.8) is 0 Å². The van der Waals surface area contributed by atoms with Crippen LogP contribution in [0.5, 0.6) is 0 Å². The third-order valence-corrected chi connectivity index (χ3v) is 2.60.